The first-order chi connectivity index (χ1) is 9.61. The van der Waals surface area contributed by atoms with Crippen LogP contribution >= 0.6 is 22.9 Å². The zero-order chi connectivity index (χ0) is 14.5. The Morgan fingerprint density at radius 1 is 1.45 bits per heavy atom. The molecule has 3 nitrogen and oxygen atoms in total. The van der Waals surface area contributed by atoms with Crippen LogP contribution in [0.1, 0.15) is 24.3 Å². The first kappa shape index (κ1) is 15.3. The van der Waals surface area contributed by atoms with Crippen molar-refractivity contribution < 1.29 is 0 Å². The Bertz CT molecular complexity index is 540. The summed E-state index contributed by atoms with van der Waals surface area (Å²) >= 11 is 7.96. The van der Waals surface area contributed by atoms with Gasteiger partial charge in [0.25, 0.3) is 0 Å². The van der Waals surface area contributed by atoms with Gasteiger partial charge in [-0.3, -0.25) is 0 Å². The summed E-state index contributed by atoms with van der Waals surface area (Å²) in [4.78, 5) is 8.13. The number of rotatable bonds is 6. The molecular formula is C15H20ClN3S. The Labute approximate surface area is 129 Å². The van der Waals surface area contributed by atoms with Gasteiger partial charge in [0.1, 0.15) is 5.82 Å². The molecule has 2 heterocycles. The predicted octanol–water partition coefficient (Wildman–Crippen LogP) is 3.93. The molecular weight excluding hydrogens is 290 g/mol. The fourth-order valence-corrected chi connectivity index (χ4v) is 2.92. The maximum atomic E-state index is 6.18. The van der Waals surface area contributed by atoms with Gasteiger partial charge < -0.3 is 10.2 Å². The smallest absolute Gasteiger partial charge is 0.129 e. The van der Waals surface area contributed by atoms with Gasteiger partial charge in [-0.05, 0) is 44.0 Å². The largest absolute Gasteiger partial charge is 0.349 e. The van der Waals surface area contributed by atoms with E-state index in [1.807, 2.05) is 7.05 Å². The molecule has 1 N–H and O–H groups in total. The molecule has 2 aromatic heterocycles. The molecule has 0 atom stereocenters. The van der Waals surface area contributed by atoms with Gasteiger partial charge in [-0.25, -0.2) is 4.98 Å². The standard InChI is InChI=1S/C15H20ClN3S/c1-11(2)19(10-13-5-4-6-20-13)15-7-12(8-17-3)14(16)9-18-15/h4-7,9,11,17H,8,10H2,1-3H3. The van der Waals surface area contributed by atoms with E-state index in [0.29, 0.717) is 11.1 Å². The highest BCUT2D eigenvalue weighted by Gasteiger charge is 2.14. The van der Waals surface area contributed by atoms with Gasteiger partial charge >= 0.3 is 0 Å². The van der Waals surface area contributed by atoms with Gasteiger partial charge in [0.15, 0.2) is 0 Å². The quantitative estimate of drug-likeness (QED) is 0.876. The molecule has 0 saturated heterocycles. The van der Waals surface area contributed by atoms with Crippen molar-refractivity contribution in [2.45, 2.75) is 33.0 Å². The topological polar surface area (TPSA) is 28.2 Å². The second kappa shape index (κ2) is 7.07. The van der Waals surface area contributed by atoms with E-state index in [2.05, 4.69) is 52.6 Å². The van der Waals surface area contributed by atoms with Gasteiger partial charge in [0, 0.05) is 23.7 Å². The number of nitrogens with one attached hydrogen (secondary N) is 1. The molecule has 0 aromatic carbocycles. The van der Waals surface area contributed by atoms with Crippen molar-refractivity contribution in [1.82, 2.24) is 10.3 Å². The van der Waals surface area contributed by atoms with E-state index >= 15 is 0 Å². The van der Waals surface area contributed by atoms with E-state index in [1.165, 1.54) is 4.88 Å². The van der Waals surface area contributed by atoms with E-state index in [0.717, 1.165) is 24.5 Å². The summed E-state index contributed by atoms with van der Waals surface area (Å²) in [5.41, 5.74) is 1.08. The van der Waals surface area contributed by atoms with Crippen LogP contribution in [-0.2, 0) is 13.1 Å². The maximum absolute atomic E-state index is 6.18. The lowest BCUT2D eigenvalue weighted by molar-refractivity contribution is 0.675. The van der Waals surface area contributed by atoms with Crippen LogP contribution in [0.3, 0.4) is 0 Å². The van der Waals surface area contributed by atoms with Crippen LogP contribution in [0, 0.1) is 0 Å². The molecule has 0 saturated carbocycles. The lowest BCUT2D eigenvalue weighted by atomic mass is 10.2. The predicted molar refractivity (Wildman–Crippen MR) is 87.6 cm³/mol. The Kier molecular flexibility index (Phi) is 5.40. The number of aromatic nitrogens is 1. The summed E-state index contributed by atoms with van der Waals surface area (Å²) < 4.78 is 0. The maximum Gasteiger partial charge on any atom is 0.129 e. The highest BCUT2D eigenvalue weighted by Crippen LogP contribution is 2.24. The molecule has 0 aliphatic carbocycles. The van der Waals surface area contributed by atoms with Crippen molar-refractivity contribution in [2.24, 2.45) is 0 Å². The minimum absolute atomic E-state index is 0.383. The first-order valence-corrected chi connectivity index (χ1v) is 7.95. The molecule has 0 bridgehead atoms. The molecule has 0 radical (unpaired) electrons. The number of hydrogen-bond donors (Lipinski definition) is 1. The Morgan fingerprint density at radius 3 is 2.85 bits per heavy atom. The molecule has 0 fully saturated rings. The van der Waals surface area contributed by atoms with E-state index in [1.54, 1.807) is 17.5 Å². The van der Waals surface area contributed by atoms with Crippen molar-refractivity contribution in [3.8, 4) is 0 Å². The summed E-state index contributed by atoms with van der Waals surface area (Å²) in [6, 6.07) is 6.70. The van der Waals surface area contributed by atoms with E-state index in [-0.39, 0.29) is 0 Å². The third-order valence-electron chi connectivity index (χ3n) is 3.11. The highest BCUT2D eigenvalue weighted by molar-refractivity contribution is 7.09. The van der Waals surface area contributed by atoms with Crippen molar-refractivity contribution in [3.05, 3.63) is 45.2 Å². The van der Waals surface area contributed by atoms with Crippen molar-refractivity contribution in [1.29, 1.82) is 0 Å². The van der Waals surface area contributed by atoms with Gasteiger partial charge in [-0.1, -0.05) is 17.7 Å². The van der Waals surface area contributed by atoms with Gasteiger partial charge in [-0.15, -0.1) is 11.3 Å². The number of hydrogen-bond acceptors (Lipinski definition) is 4. The van der Waals surface area contributed by atoms with Crippen LogP contribution < -0.4 is 10.2 Å². The molecule has 0 aliphatic rings. The Morgan fingerprint density at radius 2 is 2.25 bits per heavy atom. The normalized spacial score (nSPS) is 11.1. The molecule has 2 rings (SSSR count). The van der Waals surface area contributed by atoms with Crippen molar-refractivity contribution >= 4 is 28.8 Å². The van der Waals surface area contributed by atoms with Crippen molar-refractivity contribution in [2.75, 3.05) is 11.9 Å². The van der Waals surface area contributed by atoms with Crippen LogP contribution in [0.5, 0.6) is 0 Å². The van der Waals surface area contributed by atoms with Gasteiger partial charge in [-0.2, -0.15) is 0 Å². The van der Waals surface area contributed by atoms with Gasteiger partial charge in [0.05, 0.1) is 11.6 Å². The van der Waals surface area contributed by atoms with E-state index in [4.69, 9.17) is 11.6 Å². The van der Waals surface area contributed by atoms with Crippen LogP contribution in [0.25, 0.3) is 0 Å². The lowest BCUT2D eigenvalue weighted by Crippen LogP contribution is -2.30. The number of thiophene rings is 1. The third kappa shape index (κ3) is 3.72. The average molecular weight is 310 g/mol. The SMILES string of the molecule is CNCc1cc(N(Cc2cccs2)C(C)C)ncc1Cl. The summed E-state index contributed by atoms with van der Waals surface area (Å²) in [5.74, 6) is 0.975. The summed E-state index contributed by atoms with van der Waals surface area (Å²) in [6.07, 6.45) is 1.74. The molecule has 5 heteroatoms. The monoisotopic (exact) mass is 309 g/mol. The molecule has 108 valence electrons. The summed E-state index contributed by atoms with van der Waals surface area (Å²) in [6.45, 7) is 5.99. The van der Waals surface area contributed by atoms with Gasteiger partial charge in [0.2, 0.25) is 0 Å². The first-order valence-electron chi connectivity index (χ1n) is 6.70. The highest BCUT2D eigenvalue weighted by atomic mass is 35.5. The molecule has 0 amide bonds. The molecule has 0 unspecified atom stereocenters. The number of nitrogens with zero attached hydrogens (tertiary/aromatic N) is 2. The molecule has 20 heavy (non-hydrogen) atoms. The Balaban J connectivity index is 2.27. The lowest BCUT2D eigenvalue weighted by Gasteiger charge is -2.28. The Hall–Kier alpha value is -1.10. The molecule has 0 aliphatic heterocycles. The second-order valence-corrected chi connectivity index (χ2v) is 6.40. The zero-order valence-electron chi connectivity index (χ0n) is 12.1. The van der Waals surface area contributed by atoms with Crippen LogP contribution in [0.2, 0.25) is 5.02 Å². The summed E-state index contributed by atoms with van der Waals surface area (Å²) in [5, 5.41) is 5.95. The number of halogens is 1. The average Bonchev–Trinajstić information content (AvgIpc) is 2.92. The second-order valence-electron chi connectivity index (χ2n) is 4.97. The summed E-state index contributed by atoms with van der Waals surface area (Å²) in [7, 11) is 1.92. The molecule has 2 aromatic rings. The fraction of sp³-hybridized carbons (Fsp3) is 0.400. The van der Waals surface area contributed by atoms with Crippen molar-refractivity contribution in [3.63, 3.8) is 0 Å². The van der Waals surface area contributed by atoms with E-state index < -0.39 is 0 Å². The minimum atomic E-state index is 0.383. The fourth-order valence-electron chi connectivity index (χ4n) is 2.05. The minimum Gasteiger partial charge on any atom is -0.349 e. The van der Waals surface area contributed by atoms with E-state index in [9.17, 15) is 0 Å². The zero-order valence-corrected chi connectivity index (χ0v) is 13.6. The number of anilines is 1. The van der Waals surface area contributed by atoms with Crippen LogP contribution in [-0.4, -0.2) is 18.1 Å². The molecule has 0 spiro atoms. The third-order valence-corrected chi connectivity index (χ3v) is 4.31. The van der Waals surface area contributed by atoms with Crippen LogP contribution in [0.4, 0.5) is 5.82 Å². The number of pyridine rings is 1. The van der Waals surface area contributed by atoms with Crippen LogP contribution in [0.15, 0.2) is 29.8 Å².